The minimum absolute atomic E-state index is 0.0307. The molecule has 0 aliphatic heterocycles. The lowest BCUT2D eigenvalue weighted by Gasteiger charge is -2.10. The molecule has 0 fully saturated rings. The molecule has 0 aromatic heterocycles. The summed E-state index contributed by atoms with van der Waals surface area (Å²) in [6.45, 7) is 1.92. The van der Waals surface area contributed by atoms with E-state index < -0.39 is 0 Å². The number of hydrogen-bond donors (Lipinski definition) is 2. The highest BCUT2D eigenvalue weighted by Crippen LogP contribution is 2.24. The molecule has 88 valence electrons. The molecule has 3 heteroatoms. The van der Waals surface area contributed by atoms with Crippen molar-refractivity contribution in [3.05, 3.63) is 42.0 Å². The van der Waals surface area contributed by atoms with Crippen molar-refractivity contribution < 1.29 is 9.90 Å². The van der Waals surface area contributed by atoms with Gasteiger partial charge in [0.1, 0.15) is 5.75 Å². The molecule has 0 aliphatic rings. The molecule has 0 saturated carbocycles. The SMILES string of the molecule is CC(C(=O)CN)c1ccc2cc(O)ccc2c1. The van der Waals surface area contributed by atoms with Gasteiger partial charge >= 0.3 is 0 Å². The highest BCUT2D eigenvalue weighted by molar-refractivity contribution is 5.90. The van der Waals surface area contributed by atoms with Gasteiger partial charge in [-0.15, -0.1) is 0 Å². The van der Waals surface area contributed by atoms with Gasteiger partial charge in [0.25, 0.3) is 0 Å². The fourth-order valence-corrected chi connectivity index (χ4v) is 1.88. The van der Waals surface area contributed by atoms with E-state index in [1.54, 1.807) is 12.1 Å². The van der Waals surface area contributed by atoms with Crippen LogP contribution in [0.5, 0.6) is 5.75 Å². The maximum atomic E-state index is 11.5. The smallest absolute Gasteiger partial charge is 0.153 e. The highest BCUT2D eigenvalue weighted by atomic mass is 16.3. The molecule has 2 rings (SSSR count). The van der Waals surface area contributed by atoms with Gasteiger partial charge in [-0.3, -0.25) is 4.79 Å². The molecule has 0 spiro atoms. The number of rotatable bonds is 3. The standard InChI is InChI=1S/C14H15NO2/c1-9(14(17)8-15)10-2-3-12-7-13(16)5-4-11(12)6-10/h2-7,9,16H,8,15H2,1H3. The van der Waals surface area contributed by atoms with Crippen molar-refractivity contribution in [1.29, 1.82) is 0 Å². The van der Waals surface area contributed by atoms with E-state index in [0.29, 0.717) is 0 Å². The number of hydrogen-bond acceptors (Lipinski definition) is 3. The number of phenolic OH excluding ortho intramolecular Hbond substituents is 1. The minimum Gasteiger partial charge on any atom is -0.508 e. The van der Waals surface area contributed by atoms with Crippen LogP contribution >= 0.6 is 0 Å². The molecule has 17 heavy (non-hydrogen) atoms. The Kier molecular flexibility index (Phi) is 3.11. The van der Waals surface area contributed by atoms with E-state index in [0.717, 1.165) is 16.3 Å². The number of benzene rings is 2. The van der Waals surface area contributed by atoms with Crippen LogP contribution in [-0.2, 0) is 4.79 Å². The number of nitrogens with two attached hydrogens (primary N) is 1. The van der Waals surface area contributed by atoms with Crippen LogP contribution in [-0.4, -0.2) is 17.4 Å². The normalized spacial score (nSPS) is 12.6. The molecule has 0 saturated heterocycles. The van der Waals surface area contributed by atoms with Crippen molar-refractivity contribution >= 4 is 16.6 Å². The molecule has 0 amide bonds. The molecular weight excluding hydrogens is 214 g/mol. The largest absolute Gasteiger partial charge is 0.508 e. The topological polar surface area (TPSA) is 63.3 Å². The fourth-order valence-electron chi connectivity index (χ4n) is 1.88. The van der Waals surface area contributed by atoms with E-state index >= 15 is 0 Å². The summed E-state index contributed by atoms with van der Waals surface area (Å²) in [6.07, 6.45) is 0. The fraction of sp³-hybridized carbons (Fsp3) is 0.214. The Hall–Kier alpha value is -1.87. The first-order chi connectivity index (χ1) is 8.11. The number of fused-ring (bicyclic) bond motifs is 1. The Labute approximate surface area is 99.9 Å². The van der Waals surface area contributed by atoms with Gasteiger partial charge in [-0.1, -0.05) is 31.2 Å². The van der Waals surface area contributed by atoms with Crippen LogP contribution in [0.25, 0.3) is 10.8 Å². The molecule has 1 unspecified atom stereocenters. The second-order valence-corrected chi connectivity index (χ2v) is 4.18. The van der Waals surface area contributed by atoms with Crippen molar-refractivity contribution in [2.75, 3.05) is 6.54 Å². The van der Waals surface area contributed by atoms with Crippen LogP contribution < -0.4 is 5.73 Å². The van der Waals surface area contributed by atoms with Crippen LogP contribution in [0.1, 0.15) is 18.4 Å². The molecule has 1 atom stereocenters. The molecule has 0 aliphatic carbocycles. The zero-order chi connectivity index (χ0) is 12.4. The summed E-state index contributed by atoms with van der Waals surface area (Å²) in [5.74, 6) is 0.0951. The number of aromatic hydroxyl groups is 1. The summed E-state index contributed by atoms with van der Waals surface area (Å²) >= 11 is 0. The second kappa shape index (κ2) is 4.55. The van der Waals surface area contributed by atoms with Crippen LogP contribution in [0.3, 0.4) is 0 Å². The second-order valence-electron chi connectivity index (χ2n) is 4.18. The lowest BCUT2D eigenvalue weighted by molar-refractivity contribution is -0.118. The van der Waals surface area contributed by atoms with Gasteiger partial charge in [0.2, 0.25) is 0 Å². The number of ketones is 1. The van der Waals surface area contributed by atoms with E-state index in [2.05, 4.69) is 0 Å². The molecular formula is C14H15NO2. The van der Waals surface area contributed by atoms with Crippen molar-refractivity contribution in [3.63, 3.8) is 0 Å². The zero-order valence-electron chi connectivity index (χ0n) is 9.68. The van der Waals surface area contributed by atoms with Gasteiger partial charge in [-0.2, -0.15) is 0 Å². The molecule has 3 nitrogen and oxygen atoms in total. The maximum absolute atomic E-state index is 11.5. The lowest BCUT2D eigenvalue weighted by atomic mass is 9.94. The number of Topliss-reactive ketones (excluding diaryl/α,β-unsaturated/α-hetero) is 1. The van der Waals surface area contributed by atoms with E-state index in [4.69, 9.17) is 5.73 Å². The van der Waals surface area contributed by atoms with Gasteiger partial charge in [-0.25, -0.2) is 0 Å². The summed E-state index contributed by atoms with van der Waals surface area (Å²) in [7, 11) is 0. The van der Waals surface area contributed by atoms with Gasteiger partial charge in [0, 0.05) is 5.92 Å². The van der Waals surface area contributed by atoms with Crippen molar-refractivity contribution in [2.45, 2.75) is 12.8 Å². The van der Waals surface area contributed by atoms with Crippen LogP contribution in [0.15, 0.2) is 36.4 Å². The van der Waals surface area contributed by atoms with Gasteiger partial charge in [-0.05, 0) is 28.5 Å². The highest BCUT2D eigenvalue weighted by Gasteiger charge is 2.13. The first-order valence-corrected chi connectivity index (χ1v) is 5.57. The third-order valence-corrected chi connectivity index (χ3v) is 3.03. The van der Waals surface area contributed by atoms with Crippen LogP contribution in [0.2, 0.25) is 0 Å². The Balaban J connectivity index is 2.44. The van der Waals surface area contributed by atoms with E-state index in [9.17, 15) is 9.90 Å². The van der Waals surface area contributed by atoms with Crippen molar-refractivity contribution in [2.24, 2.45) is 5.73 Å². The molecule has 2 aromatic carbocycles. The van der Waals surface area contributed by atoms with Gasteiger partial charge < -0.3 is 10.8 Å². The Morgan fingerprint density at radius 3 is 2.59 bits per heavy atom. The van der Waals surface area contributed by atoms with E-state index in [-0.39, 0.29) is 24.0 Å². The average Bonchev–Trinajstić information content (AvgIpc) is 2.36. The summed E-state index contributed by atoms with van der Waals surface area (Å²) < 4.78 is 0. The van der Waals surface area contributed by atoms with Crippen LogP contribution in [0.4, 0.5) is 0 Å². The Morgan fingerprint density at radius 2 is 1.88 bits per heavy atom. The first-order valence-electron chi connectivity index (χ1n) is 5.57. The average molecular weight is 229 g/mol. The molecule has 0 heterocycles. The summed E-state index contributed by atoms with van der Waals surface area (Å²) in [6, 6.07) is 11.0. The third kappa shape index (κ3) is 2.29. The molecule has 2 aromatic rings. The molecule has 0 bridgehead atoms. The predicted octanol–water partition coefficient (Wildman–Crippen LogP) is 2.18. The number of carbonyl (C=O) groups excluding carboxylic acids is 1. The monoisotopic (exact) mass is 229 g/mol. The van der Waals surface area contributed by atoms with E-state index in [1.807, 2.05) is 31.2 Å². The third-order valence-electron chi connectivity index (χ3n) is 3.03. The van der Waals surface area contributed by atoms with E-state index in [1.165, 1.54) is 0 Å². The van der Waals surface area contributed by atoms with Crippen molar-refractivity contribution in [1.82, 2.24) is 0 Å². The van der Waals surface area contributed by atoms with Crippen LogP contribution in [0, 0.1) is 0 Å². The zero-order valence-corrected chi connectivity index (χ0v) is 9.68. The lowest BCUT2D eigenvalue weighted by Crippen LogP contribution is -2.19. The quantitative estimate of drug-likeness (QED) is 0.847. The minimum atomic E-state index is -0.182. The first kappa shape index (κ1) is 11.6. The molecule has 3 N–H and O–H groups in total. The summed E-state index contributed by atoms with van der Waals surface area (Å²) in [5, 5.41) is 11.3. The number of phenols is 1. The van der Waals surface area contributed by atoms with Gasteiger partial charge in [0.15, 0.2) is 5.78 Å². The molecule has 0 radical (unpaired) electrons. The number of carbonyl (C=O) groups is 1. The predicted molar refractivity (Wildman–Crippen MR) is 68.1 cm³/mol. The van der Waals surface area contributed by atoms with Gasteiger partial charge in [0.05, 0.1) is 6.54 Å². The Bertz CT molecular complexity index is 563. The van der Waals surface area contributed by atoms with Crippen molar-refractivity contribution in [3.8, 4) is 5.75 Å². The summed E-state index contributed by atoms with van der Waals surface area (Å²) in [5.41, 5.74) is 6.32. The Morgan fingerprint density at radius 1 is 1.24 bits per heavy atom. The summed E-state index contributed by atoms with van der Waals surface area (Å²) in [4.78, 5) is 11.5. The maximum Gasteiger partial charge on any atom is 0.153 e.